The molecule has 0 aliphatic carbocycles. The Balaban J connectivity index is 1.12. The number of amides is 1. The molecule has 1 aliphatic rings. The van der Waals surface area contributed by atoms with Gasteiger partial charge in [-0.1, -0.05) is 67.3 Å². The molecule has 44 heavy (non-hydrogen) atoms. The van der Waals surface area contributed by atoms with Gasteiger partial charge in [-0.05, 0) is 79.6 Å². The number of carbonyl (C=O) groups is 1. The first-order valence-electron chi connectivity index (χ1n) is 14.1. The average molecular weight is 638 g/mol. The van der Waals surface area contributed by atoms with Crippen LogP contribution in [0.2, 0.25) is 0 Å². The molecule has 7 nitrogen and oxygen atoms in total. The minimum Gasteiger partial charge on any atom is -0.406 e. The number of thioether (sulfide) groups is 1. The molecule has 12 heteroatoms. The van der Waals surface area contributed by atoms with Crippen molar-refractivity contribution in [2.24, 2.45) is 4.99 Å². The fourth-order valence-electron chi connectivity index (χ4n) is 4.77. The normalized spacial score (nSPS) is 14.4. The number of ether oxygens (including phenoxy) is 1. The van der Waals surface area contributed by atoms with Crippen LogP contribution >= 0.6 is 24.0 Å². The third-order valence-electron chi connectivity index (χ3n) is 6.99. The molecule has 1 fully saturated rings. The Morgan fingerprint density at radius 1 is 1.07 bits per heavy atom. The number of unbranched alkanes of at least 4 members (excludes halogenated alkanes) is 1. The van der Waals surface area contributed by atoms with Gasteiger partial charge in [0.05, 0.1) is 17.1 Å². The van der Waals surface area contributed by atoms with E-state index in [0.717, 1.165) is 48.1 Å². The summed E-state index contributed by atoms with van der Waals surface area (Å²) in [6.45, 7) is 4.09. The molecular formula is C32H30F3N5O2S2. The van der Waals surface area contributed by atoms with Crippen molar-refractivity contribution in [3.05, 3.63) is 89.7 Å². The zero-order chi connectivity index (χ0) is 31.3. The van der Waals surface area contributed by atoms with Crippen molar-refractivity contribution >= 4 is 45.7 Å². The lowest BCUT2D eigenvalue weighted by Crippen LogP contribution is -2.30. The summed E-state index contributed by atoms with van der Waals surface area (Å²) in [4.78, 5) is 24.1. The van der Waals surface area contributed by atoms with Crippen molar-refractivity contribution in [3.8, 4) is 22.8 Å². The zero-order valence-corrected chi connectivity index (χ0v) is 25.8. The first-order valence-corrected chi connectivity index (χ1v) is 15.5. The van der Waals surface area contributed by atoms with Gasteiger partial charge in [0.25, 0.3) is 0 Å². The van der Waals surface area contributed by atoms with Gasteiger partial charge in [0.2, 0.25) is 5.91 Å². The predicted molar refractivity (Wildman–Crippen MR) is 172 cm³/mol. The van der Waals surface area contributed by atoms with Gasteiger partial charge in [-0.3, -0.25) is 9.69 Å². The van der Waals surface area contributed by atoms with Crippen LogP contribution in [0.4, 0.5) is 18.9 Å². The average Bonchev–Trinajstić information content (AvgIpc) is 3.62. The third-order valence-corrected chi connectivity index (χ3v) is 8.21. The maximum Gasteiger partial charge on any atom is 0.573 e. The van der Waals surface area contributed by atoms with E-state index in [1.807, 2.05) is 37.3 Å². The van der Waals surface area contributed by atoms with Crippen LogP contribution in [0.1, 0.15) is 42.9 Å². The van der Waals surface area contributed by atoms with Crippen LogP contribution in [0, 0.1) is 6.92 Å². The molecule has 0 bridgehead atoms. The minimum atomic E-state index is -4.74. The molecule has 1 aliphatic heterocycles. The maximum atomic E-state index is 12.7. The predicted octanol–water partition coefficient (Wildman–Crippen LogP) is 7.88. The number of nitrogens with zero attached hydrogens (tertiary/aromatic N) is 5. The SMILES string of the molecule is CCc1ccc(C)cc1N1C(=O)CSC1=NC(=S)CCCCc1ccc(-c2ncn(-c3ccc(OC(F)(F)F)cc3)n2)cc1. The number of thiocarbonyl (C=S) groups is 1. The van der Waals surface area contributed by atoms with E-state index in [4.69, 9.17) is 12.2 Å². The topological polar surface area (TPSA) is 72.6 Å². The summed E-state index contributed by atoms with van der Waals surface area (Å²) in [5.41, 5.74) is 5.64. The molecule has 0 unspecified atom stereocenters. The molecule has 3 aromatic carbocycles. The van der Waals surface area contributed by atoms with Crippen LogP contribution in [-0.2, 0) is 17.6 Å². The lowest BCUT2D eigenvalue weighted by molar-refractivity contribution is -0.274. The highest BCUT2D eigenvalue weighted by Gasteiger charge is 2.32. The highest BCUT2D eigenvalue weighted by molar-refractivity contribution is 8.15. The molecule has 0 radical (unpaired) electrons. The standard InChI is InChI=1S/C32H30F3N5O2S2/c1-3-23-11-8-21(2)18-27(23)40-29(41)19-44-31(40)37-28(43)7-5-4-6-22-9-12-24(13-10-22)30-36-20-39(38-30)25-14-16-26(17-15-25)42-32(33,34)35/h8-18,20H,3-7,19H2,1-2H3. The second kappa shape index (κ2) is 13.7. The van der Waals surface area contributed by atoms with Crippen LogP contribution in [0.5, 0.6) is 5.75 Å². The lowest BCUT2D eigenvalue weighted by atomic mass is 10.0. The van der Waals surface area contributed by atoms with Gasteiger partial charge >= 0.3 is 6.36 Å². The number of carbonyl (C=O) groups excluding carboxylic acids is 1. The minimum absolute atomic E-state index is 0.0240. The summed E-state index contributed by atoms with van der Waals surface area (Å²) in [5, 5.41) is 5.11. The zero-order valence-electron chi connectivity index (χ0n) is 24.2. The number of hydrogen-bond acceptors (Lipinski definition) is 6. The number of hydrogen-bond donors (Lipinski definition) is 0. The molecule has 0 atom stereocenters. The highest BCUT2D eigenvalue weighted by atomic mass is 32.2. The van der Waals surface area contributed by atoms with E-state index in [1.54, 1.807) is 4.90 Å². The molecule has 0 saturated carbocycles. The number of anilines is 1. The number of aromatic nitrogens is 3. The molecule has 0 spiro atoms. The van der Waals surface area contributed by atoms with Crippen LogP contribution in [0.25, 0.3) is 17.1 Å². The van der Waals surface area contributed by atoms with Crippen molar-refractivity contribution in [2.75, 3.05) is 10.7 Å². The van der Waals surface area contributed by atoms with Gasteiger partial charge in [-0.15, -0.1) is 18.3 Å². The number of aliphatic imine (C=N–C) groups is 1. The summed E-state index contributed by atoms with van der Waals surface area (Å²) in [7, 11) is 0. The number of aryl methyl sites for hydroxylation is 3. The molecule has 5 rings (SSSR count). The third kappa shape index (κ3) is 7.92. The maximum absolute atomic E-state index is 12.7. The number of halogens is 3. The van der Waals surface area contributed by atoms with Gasteiger partial charge in [0.1, 0.15) is 17.1 Å². The van der Waals surface area contributed by atoms with Gasteiger partial charge in [0, 0.05) is 12.0 Å². The van der Waals surface area contributed by atoms with Crippen LogP contribution in [0.3, 0.4) is 0 Å². The van der Waals surface area contributed by atoms with E-state index in [0.29, 0.717) is 33.8 Å². The van der Waals surface area contributed by atoms with E-state index in [1.165, 1.54) is 52.6 Å². The number of amidine groups is 1. The van der Waals surface area contributed by atoms with E-state index in [-0.39, 0.29) is 11.7 Å². The largest absolute Gasteiger partial charge is 0.573 e. The van der Waals surface area contributed by atoms with Crippen molar-refractivity contribution in [1.29, 1.82) is 0 Å². The van der Waals surface area contributed by atoms with Crippen LogP contribution < -0.4 is 9.64 Å². The summed E-state index contributed by atoms with van der Waals surface area (Å²) >= 11 is 7.01. The van der Waals surface area contributed by atoms with Gasteiger partial charge in [-0.2, -0.15) is 0 Å². The van der Waals surface area contributed by atoms with Crippen LogP contribution in [0.15, 0.2) is 78.0 Å². The number of rotatable bonds is 10. The molecular weight excluding hydrogens is 608 g/mol. The quantitative estimate of drug-likeness (QED) is 0.130. The van der Waals surface area contributed by atoms with E-state index < -0.39 is 6.36 Å². The monoisotopic (exact) mass is 637 g/mol. The molecule has 1 amide bonds. The fraction of sp³-hybridized carbons (Fsp3) is 0.281. The number of benzene rings is 3. The Morgan fingerprint density at radius 2 is 1.82 bits per heavy atom. The number of alkyl halides is 3. The summed E-state index contributed by atoms with van der Waals surface area (Å²) in [5.74, 6) is 0.589. The Labute approximate surface area is 263 Å². The highest BCUT2D eigenvalue weighted by Crippen LogP contribution is 2.31. The fourth-order valence-corrected chi connectivity index (χ4v) is 5.95. The molecule has 4 aromatic rings. The molecule has 1 aromatic heterocycles. The van der Waals surface area contributed by atoms with Gasteiger partial charge in [0.15, 0.2) is 11.0 Å². The van der Waals surface area contributed by atoms with Crippen LogP contribution in [-0.4, -0.2) is 42.9 Å². The second-order valence-electron chi connectivity index (χ2n) is 10.3. The molecule has 1 saturated heterocycles. The molecule has 2 heterocycles. The Morgan fingerprint density at radius 3 is 2.52 bits per heavy atom. The first-order chi connectivity index (χ1) is 21.1. The second-order valence-corrected chi connectivity index (χ2v) is 11.7. The first kappa shape index (κ1) is 31.4. The van der Waals surface area contributed by atoms with Crippen molar-refractivity contribution < 1.29 is 22.7 Å². The van der Waals surface area contributed by atoms with Gasteiger partial charge < -0.3 is 4.74 Å². The Bertz CT molecular complexity index is 1670. The summed E-state index contributed by atoms with van der Waals surface area (Å²) < 4.78 is 42.6. The van der Waals surface area contributed by atoms with Gasteiger partial charge in [-0.25, -0.2) is 14.7 Å². The van der Waals surface area contributed by atoms with E-state index in [9.17, 15) is 18.0 Å². The van der Waals surface area contributed by atoms with Crippen molar-refractivity contribution in [2.45, 2.75) is 52.3 Å². The molecule has 228 valence electrons. The van der Waals surface area contributed by atoms with E-state index in [2.05, 4.69) is 38.9 Å². The Kier molecular flexibility index (Phi) is 9.80. The van der Waals surface area contributed by atoms with Crippen molar-refractivity contribution in [1.82, 2.24) is 14.8 Å². The summed E-state index contributed by atoms with van der Waals surface area (Å²) in [6, 6.07) is 19.5. The summed E-state index contributed by atoms with van der Waals surface area (Å²) in [6.07, 6.45) is 0.936. The van der Waals surface area contributed by atoms with Crippen molar-refractivity contribution in [3.63, 3.8) is 0 Å². The molecule has 0 N–H and O–H groups in total. The van der Waals surface area contributed by atoms with E-state index >= 15 is 0 Å². The smallest absolute Gasteiger partial charge is 0.406 e. The lowest BCUT2D eigenvalue weighted by Gasteiger charge is -2.20. The Hall–Kier alpha value is -4.03.